The van der Waals surface area contributed by atoms with Gasteiger partial charge in [0.1, 0.15) is 0 Å². The van der Waals surface area contributed by atoms with Gasteiger partial charge in [-0.2, -0.15) is 0 Å². The van der Waals surface area contributed by atoms with Crippen molar-refractivity contribution in [1.82, 2.24) is 0 Å². The van der Waals surface area contributed by atoms with Crippen molar-refractivity contribution in [1.29, 1.82) is 0 Å². The summed E-state index contributed by atoms with van der Waals surface area (Å²) in [6.45, 7) is 5.69. The number of hydrogen-bond donors (Lipinski definition) is 2. The van der Waals surface area contributed by atoms with Gasteiger partial charge >= 0.3 is 0 Å². The molecule has 0 aromatic carbocycles. The lowest BCUT2D eigenvalue weighted by molar-refractivity contribution is 0.0416. The topological polar surface area (TPSA) is 40.5 Å². The highest BCUT2D eigenvalue weighted by molar-refractivity contribution is 4.83. The van der Waals surface area contributed by atoms with Crippen molar-refractivity contribution in [3.8, 4) is 0 Å². The van der Waals surface area contributed by atoms with Crippen LogP contribution < -0.4 is 0 Å². The fraction of sp³-hybridized carbons (Fsp3) is 0.857. The molecule has 0 aromatic heterocycles. The van der Waals surface area contributed by atoms with Gasteiger partial charge in [0.25, 0.3) is 0 Å². The highest BCUT2D eigenvalue weighted by Gasteiger charge is 2.11. The van der Waals surface area contributed by atoms with E-state index in [0.717, 1.165) is 12.8 Å². The summed E-state index contributed by atoms with van der Waals surface area (Å²) in [4.78, 5) is 0. The standard InChI is InChI=1S/C14H28O2/c1-3-5-6-7-8-9-10-11-12-14(16)13(15)4-2/h4,13-16H,2-3,5-12H2,1H3. The van der Waals surface area contributed by atoms with Crippen LogP contribution in [0.15, 0.2) is 12.7 Å². The number of rotatable bonds is 11. The average molecular weight is 228 g/mol. The summed E-state index contributed by atoms with van der Waals surface area (Å²) in [6, 6.07) is 0. The van der Waals surface area contributed by atoms with Crippen molar-refractivity contribution >= 4 is 0 Å². The van der Waals surface area contributed by atoms with E-state index in [9.17, 15) is 10.2 Å². The second kappa shape index (κ2) is 11.2. The summed E-state index contributed by atoms with van der Waals surface area (Å²) < 4.78 is 0. The summed E-state index contributed by atoms with van der Waals surface area (Å²) in [5, 5.41) is 18.7. The first-order valence-corrected chi connectivity index (χ1v) is 6.71. The molecule has 0 aliphatic carbocycles. The summed E-state index contributed by atoms with van der Waals surface area (Å²) in [7, 11) is 0. The molecule has 2 N–H and O–H groups in total. The van der Waals surface area contributed by atoms with Crippen LogP contribution in [-0.2, 0) is 0 Å². The summed E-state index contributed by atoms with van der Waals surface area (Å²) >= 11 is 0. The molecule has 0 fully saturated rings. The number of aliphatic hydroxyl groups is 2. The minimum Gasteiger partial charge on any atom is -0.390 e. The van der Waals surface area contributed by atoms with E-state index in [4.69, 9.17) is 0 Å². The van der Waals surface area contributed by atoms with Gasteiger partial charge in [-0.1, -0.05) is 64.4 Å². The minimum absolute atomic E-state index is 0.627. The second-order valence-corrected chi connectivity index (χ2v) is 4.56. The maximum atomic E-state index is 9.47. The molecule has 0 saturated carbocycles. The zero-order valence-corrected chi connectivity index (χ0v) is 10.7. The highest BCUT2D eigenvalue weighted by Crippen LogP contribution is 2.11. The van der Waals surface area contributed by atoms with Gasteiger partial charge in [-0.05, 0) is 6.42 Å². The lowest BCUT2D eigenvalue weighted by Crippen LogP contribution is -2.23. The van der Waals surface area contributed by atoms with Crippen LogP contribution >= 0.6 is 0 Å². The first kappa shape index (κ1) is 15.7. The van der Waals surface area contributed by atoms with Crippen LogP contribution in [0.3, 0.4) is 0 Å². The van der Waals surface area contributed by atoms with Gasteiger partial charge in [-0.25, -0.2) is 0 Å². The molecule has 96 valence electrons. The minimum atomic E-state index is -0.760. The molecule has 0 rings (SSSR count). The maximum Gasteiger partial charge on any atom is 0.0977 e. The number of aliphatic hydroxyl groups excluding tert-OH is 2. The van der Waals surface area contributed by atoms with Crippen molar-refractivity contribution in [2.24, 2.45) is 0 Å². The Hall–Kier alpha value is -0.340. The third-order valence-electron chi connectivity index (χ3n) is 2.99. The third-order valence-corrected chi connectivity index (χ3v) is 2.99. The summed E-state index contributed by atoms with van der Waals surface area (Å²) in [6.07, 6.45) is 10.8. The Morgan fingerprint density at radius 3 is 1.94 bits per heavy atom. The summed E-state index contributed by atoms with van der Waals surface area (Å²) in [5.74, 6) is 0. The van der Waals surface area contributed by atoms with Crippen LogP contribution in [0.25, 0.3) is 0 Å². The lowest BCUT2D eigenvalue weighted by Gasteiger charge is -2.13. The van der Waals surface area contributed by atoms with Crippen LogP contribution in [0.2, 0.25) is 0 Å². The molecule has 0 heterocycles. The lowest BCUT2D eigenvalue weighted by atomic mass is 10.0. The van der Waals surface area contributed by atoms with E-state index in [1.807, 2.05) is 0 Å². The molecule has 0 aliphatic heterocycles. The van der Waals surface area contributed by atoms with Gasteiger partial charge in [0.05, 0.1) is 12.2 Å². The quantitative estimate of drug-likeness (QED) is 0.420. The molecule has 2 nitrogen and oxygen atoms in total. The van der Waals surface area contributed by atoms with E-state index in [-0.39, 0.29) is 0 Å². The van der Waals surface area contributed by atoms with E-state index in [0.29, 0.717) is 6.42 Å². The first-order valence-electron chi connectivity index (χ1n) is 6.71. The van der Waals surface area contributed by atoms with E-state index < -0.39 is 12.2 Å². The fourth-order valence-electron chi connectivity index (χ4n) is 1.82. The normalized spacial score (nSPS) is 14.7. The molecule has 0 amide bonds. The molecular weight excluding hydrogens is 200 g/mol. The van der Waals surface area contributed by atoms with Crippen molar-refractivity contribution in [3.63, 3.8) is 0 Å². The van der Waals surface area contributed by atoms with Crippen molar-refractivity contribution < 1.29 is 10.2 Å². The van der Waals surface area contributed by atoms with Crippen LogP contribution in [0.1, 0.15) is 64.7 Å². The molecule has 16 heavy (non-hydrogen) atoms. The molecule has 0 spiro atoms. The number of unbranched alkanes of at least 4 members (excludes halogenated alkanes) is 7. The number of hydrogen-bond acceptors (Lipinski definition) is 2. The molecule has 2 atom stereocenters. The smallest absolute Gasteiger partial charge is 0.0977 e. The zero-order valence-electron chi connectivity index (χ0n) is 10.7. The Kier molecular flexibility index (Phi) is 10.9. The Morgan fingerprint density at radius 1 is 0.938 bits per heavy atom. The largest absolute Gasteiger partial charge is 0.390 e. The van der Waals surface area contributed by atoms with Crippen LogP contribution in [-0.4, -0.2) is 22.4 Å². The van der Waals surface area contributed by atoms with Crippen LogP contribution in [0.4, 0.5) is 0 Å². The predicted molar refractivity (Wildman–Crippen MR) is 69.4 cm³/mol. The van der Waals surface area contributed by atoms with Gasteiger partial charge < -0.3 is 10.2 Å². The molecular formula is C14H28O2. The SMILES string of the molecule is C=CC(O)C(O)CCCCCCCCCC. The third kappa shape index (κ3) is 8.93. The molecule has 0 aromatic rings. The average Bonchev–Trinajstić information content (AvgIpc) is 2.31. The van der Waals surface area contributed by atoms with Gasteiger partial charge in [-0.15, -0.1) is 6.58 Å². The van der Waals surface area contributed by atoms with Crippen molar-refractivity contribution in [2.45, 2.75) is 76.9 Å². The predicted octanol–water partition coefficient (Wildman–Crippen LogP) is 3.43. The maximum absolute atomic E-state index is 9.47. The molecule has 2 heteroatoms. The molecule has 2 unspecified atom stereocenters. The van der Waals surface area contributed by atoms with Crippen LogP contribution in [0.5, 0.6) is 0 Å². The van der Waals surface area contributed by atoms with Crippen LogP contribution in [0, 0.1) is 0 Å². The highest BCUT2D eigenvalue weighted by atomic mass is 16.3. The van der Waals surface area contributed by atoms with Crippen molar-refractivity contribution in [3.05, 3.63) is 12.7 Å². The zero-order chi connectivity index (χ0) is 12.2. The molecule has 0 aliphatic rings. The van der Waals surface area contributed by atoms with Gasteiger partial charge in [0.2, 0.25) is 0 Å². The Labute approximate surface area is 100 Å². The van der Waals surface area contributed by atoms with Crippen molar-refractivity contribution in [2.75, 3.05) is 0 Å². The Balaban J connectivity index is 3.17. The van der Waals surface area contributed by atoms with E-state index in [1.165, 1.54) is 44.6 Å². The monoisotopic (exact) mass is 228 g/mol. The molecule has 0 saturated heterocycles. The Morgan fingerprint density at radius 2 is 1.44 bits per heavy atom. The van der Waals surface area contributed by atoms with E-state index in [2.05, 4.69) is 13.5 Å². The van der Waals surface area contributed by atoms with Gasteiger partial charge in [-0.3, -0.25) is 0 Å². The Bertz CT molecular complexity index is 157. The second-order valence-electron chi connectivity index (χ2n) is 4.56. The molecule has 0 radical (unpaired) electrons. The van der Waals surface area contributed by atoms with Gasteiger partial charge in [0, 0.05) is 0 Å². The van der Waals surface area contributed by atoms with E-state index >= 15 is 0 Å². The molecule has 0 bridgehead atoms. The van der Waals surface area contributed by atoms with Gasteiger partial charge in [0.15, 0.2) is 0 Å². The van der Waals surface area contributed by atoms with E-state index in [1.54, 1.807) is 0 Å². The first-order chi connectivity index (χ1) is 7.72. The summed E-state index contributed by atoms with van der Waals surface area (Å²) in [5.41, 5.74) is 0. The fourth-order valence-corrected chi connectivity index (χ4v) is 1.82.